The zero-order chi connectivity index (χ0) is 39.3. The largest absolute Gasteiger partial charge is 0.309 e. The van der Waals surface area contributed by atoms with Crippen LogP contribution in [0.1, 0.15) is 0 Å². The maximum absolute atomic E-state index is 2.41. The van der Waals surface area contributed by atoms with Gasteiger partial charge in [-0.2, -0.15) is 0 Å². The van der Waals surface area contributed by atoms with Crippen molar-refractivity contribution in [2.45, 2.75) is 0 Å². The second-order valence-corrected chi connectivity index (χ2v) is 16.1. The Morgan fingerprint density at radius 1 is 0.217 bits per heavy atom. The fourth-order valence-electron chi connectivity index (χ4n) is 10.2. The summed E-state index contributed by atoms with van der Waals surface area (Å²) in [7, 11) is 0. The first-order chi connectivity index (χ1) is 29.8. The molecule has 10 aromatic carbocycles. The van der Waals surface area contributed by atoms with E-state index in [4.69, 9.17) is 0 Å². The monoisotopic (exact) mass is 760 g/mol. The normalized spacial score (nSPS) is 12.0. The molecule has 0 N–H and O–H groups in total. The summed E-state index contributed by atoms with van der Waals surface area (Å²) in [6.07, 6.45) is 0. The summed E-state index contributed by atoms with van der Waals surface area (Å²) >= 11 is 0. The highest BCUT2D eigenvalue weighted by molar-refractivity contribution is 6.19. The summed E-state index contributed by atoms with van der Waals surface area (Å²) in [5, 5.41) is 7.65. The van der Waals surface area contributed by atoms with Crippen LogP contribution in [0.3, 0.4) is 0 Å². The molecule has 0 aliphatic heterocycles. The second-order valence-electron chi connectivity index (χ2n) is 16.1. The first-order valence-electron chi connectivity index (χ1n) is 20.8. The van der Waals surface area contributed by atoms with Gasteiger partial charge in [0, 0.05) is 32.9 Å². The van der Waals surface area contributed by atoms with Gasteiger partial charge in [-0.25, -0.2) is 0 Å². The minimum absolute atomic E-state index is 1.16. The quantitative estimate of drug-likeness (QED) is 0.165. The number of rotatable bonds is 5. The lowest BCUT2D eigenvalue weighted by atomic mass is 9.92. The van der Waals surface area contributed by atoms with Gasteiger partial charge in [-0.15, -0.1) is 0 Å². The lowest BCUT2D eigenvalue weighted by Crippen LogP contribution is -1.93. The smallest absolute Gasteiger partial charge is 0.0541 e. The highest BCUT2D eigenvalue weighted by atomic mass is 15.0. The molecule has 2 heteroatoms. The van der Waals surface area contributed by atoms with Crippen LogP contribution in [-0.2, 0) is 0 Å². The molecule has 0 bridgehead atoms. The van der Waals surface area contributed by atoms with Crippen LogP contribution in [0.4, 0.5) is 0 Å². The first-order valence-corrected chi connectivity index (χ1v) is 20.8. The number of fused-ring (bicyclic) bond motifs is 9. The standard InChI is InChI=1S/C58H36N2/c1-3-15-42(16-4-1)59-54-24-10-9-21-47(54)51-34-39(26-30-55(51)59)40-27-32-57-53(36-40)52-35-38(25-31-56(52)60(57)43-17-5-2-6-18-43)37-13-11-14-41(33-37)44-28-29-50-46-20-8-7-19-45(46)49-23-12-22-48(44)58(49)50/h1-36H. The van der Waals surface area contributed by atoms with E-state index in [1.165, 1.54) is 116 Å². The van der Waals surface area contributed by atoms with Crippen molar-refractivity contribution < 1.29 is 0 Å². The van der Waals surface area contributed by atoms with Crippen LogP contribution in [0.25, 0.3) is 121 Å². The van der Waals surface area contributed by atoms with Crippen molar-refractivity contribution in [2.24, 2.45) is 0 Å². The van der Waals surface area contributed by atoms with Gasteiger partial charge >= 0.3 is 0 Å². The Morgan fingerprint density at radius 2 is 0.633 bits per heavy atom. The number of aromatic nitrogens is 2. The van der Waals surface area contributed by atoms with Gasteiger partial charge in [-0.3, -0.25) is 0 Å². The molecule has 278 valence electrons. The molecule has 0 unspecified atom stereocenters. The van der Waals surface area contributed by atoms with Gasteiger partial charge < -0.3 is 9.13 Å². The van der Waals surface area contributed by atoms with E-state index in [1.807, 2.05) is 0 Å². The number of para-hydroxylation sites is 3. The van der Waals surface area contributed by atoms with Gasteiger partial charge in [0.2, 0.25) is 0 Å². The zero-order valence-electron chi connectivity index (χ0n) is 32.7. The van der Waals surface area contributed by atoms with Crippen molar-refractivity contribution in [3.05, 3.63) is 218 Å². The molecule has 2 nitrogen and oxygen atoms in total. The number of hydrogen-bond donors (Lipinski definition) is 0. The van der Waals surface area contributed by atoms with E-state index in [0.717, 1.165) is 5.69 Å². The molecule has 1 aliphatic rings. The molecule has 60 heavy (non-hydrogen) atoms. The third-order valence-corrected chi connectivity index (χ3v) is 12.9. The molecule has 0 saturated heterocycles. The summed E-state index contributed by atoms with van der Waals surface area (Å²) in [5.41, 5.74) is 19.8. The Balaban J connectivity index is 0.969. The third kappa shape index (κ3) is 4.82. The third-order valence-electron chi connectivity index (χ3n) is 12.9. The van der Waals surface area contributed by atoms with Gasteiger partial charge in [0.15, 0.2) is 0 Å². The van der Waals surface area contributed by atoms with Crippen LogP contribution in [0.2, 0.25) is 0 Å². The molecule has 2 aromatic heterocycles. The van der Waals surface area contributed by atoms with E-state index in [9.17, 15) is 0 Å². The highest BCUT2D eigenvalue weighted by Crippen LogP contribution is 2.49. The summed E-state index contributed by atoms with van der Waals surface area (Å²) in [4.78, 5) is 0. The molecular formula is C58H36N2. The molecule has 12 aromatic rings. The van der Waals surface area contributed by atoms with E-state index >= 15 is 0 Å². The number of benzene rings is 10. The SMILES string of the molecule is c1ccc(-n2c3ccccc3c3cc(-c4ccc5c(c4)c4cc(-c6cccc(-c7ccc8c9c(cccc79)-c7ccccc7-8)c6)ccc4n5-c4ccccc4)ccc32)cc1. The van der Waals surface area contributed by atoms with E-state index < -0.39 is 0 Å². The van der Waals surface area contributed by atoms with Crippen molar-refractivity contribution in [1.82, 2.24) is 9.13 Å². The zero-order valence-corrected chi connectivity index (χ0v) is 32.7. The topological polar surface area (TPSA) is 9.86 Å². The molecule has 2 heterocycles. The fourth-order valence-corrected chi connectivity index (χ4v) is 10.2. The van der Waals surface area contributed by atoms with Gasteiger partial charge in [0.1, 0.15) is 0 Å². The van der Waals surface area contributed by atoms with Crippen LogP contribution < -0.4 is 0 Å². The maximum atomic E-state index is 2.41. The minimum Gasteiger partial charge on any atom is -0.309 e. The Labute approximate surface area is 347 Å². The molecule has 0 radical (unpaired) electrons. The average molecular weight is 761 g/mol. The predicted octanol–water partition coefficient (Wildman–Crippen LogP) is 15.7. The van der Waals surface area contributed by atoms with Gasteiger partial charge in [0.25, 0.3) is 0 Å². The molecule has 0 atom stereocenters. The van der Waals surface area contributed by atoms with E-state index in [-0.39, 0.29) is 0 Å². The molecular weight excluding hydrogens is 725 g/mol. The average Bonchev–Trinajstić information content (AvgIpc) is 3.95. The van der Waals surface area contributed by atoms with E-state index in [1.54, 1.807) is 0 Å². The van der Waals surface area contributed by atoms with E-state index in [2.05, 4.69) is 228 Å². The summed E-state index contributed by atoms with van der Waals surface area (Å²) in [6.45, 7) is 0. The molecule has 0 saturated carbocycles. The lowest BCUT2D eigenvalue weighted by Gasteiger charge is -2.12. The number of nitrogens with zero attached hydrogens (tertiary/aromatic N) is 2. The summed E-state index contributed by atoms with van der Waals surface area (Å²) in [6, 6.07) is 80.5. The lowest BCUT2D eigenvalue weighted by molar-refractivity contribution is 1.18. The van der Waals surface area contributed by atoms with Crippen molar-refractivity contribution in [1.29, 1.82) is 0 Å². The van der Waals surface area contributed by atoms with Crippen LogP contribution in [0.5, 0.6) is 0 Å². The van der Waals surface area contributed by atoms with Crippen LogP contribution in [0.15, 0.2) is 218 Å². The maximum Gasteiger partial charge on any atom is 0.0541 e. The van der Waals surface area contributed by atoms with Gasteiger partial charge in [-0.05, 0) is 139 Å². The Morgan fingerprint density at radius 3 is 1.25 bits per heavy atom. The van der Waals surface area contributed by atoms with Crippen LogP contribution in [-0.4, -0.2) is 9.13 Å². The first kappa shape index (κ1) is 33.1. The van der Waals surface area contributed by atoms with E-state index in [0.29, 0.717) is 0 Å². The van der Waals surface area contributed by atoms with Crippen molar-refractivity contribution in [2.75, 3.05) is 0 Å². The Bertz CT molecular complexity index is 3670. The van der Waals surface area contributed by atoms with Crippen LogP contribution in [0, 0.1) is 0 Å². The van der Waals surface area contributed by atoms with Gasteiger partial charge in [-0.1, -0.05) is 146 Å². The van der Waals surface area contributed by atoms with Crippen molar-refractivity contribution in [3.63, 3.8) is 0 Å². The molecule has 0 fully saturated rings. The fraction of sp³-hybridized carbons (Fsp3) is 0. The molecule has 0 spiro atoms. The van der Waals surface area contributed by atoms with Crippen molar-refractivity contribution in [3.8, 4) is 67.0 Å². The number of hydrogen-bond acceptors (Lipinski definition) is 0. The Hall–Kier alpha value is -7.94. The van der Waals surface area contributed by atoms with Crippen LogP contribution >= 0.6 is 0 Å². The molecule has 0 amide bonds. The van der Waals surface area contributed by atoms with Gasteiger partial charge in [0.05, 0.1) is 22.1 Å². The summed E-state index contributed by atoms with van der Waals surface area (Å²) in [5.74, 6) is 0. The minimum atomic E-state index is 1.16. The second kappa shape index (κ2) is 12.8. The molecule has 1 aliphatic carbocycles. The molecule has 13 rings (SSSR count). The Kier molecular flexibility index (Phi) is 7.05. The highest BCUT2D eigenvalue weighted by Gasteiger charge is 2.23. The predicted molar refractivity (Wildman–Crippen MR) is 253 cm³/mol. The van der Waals surface area contributed by atoms with Crippen molar-refractivity contribution >= 4 is 54.4 Å². The summed E-state index contributed by atoms with van der Waals surface area (Å²) < 4.78 is 4.79.